The van der Waals surface area contributed by atoms with E-state index in [0.29, 0.717) is 34.5 Å². The first-order valence-electron chi connectivity index (χ1n) is 8.84. The van der Waals surface area contributed by atoms with Crippen LogP contribution < -0.4 is 15.5 Å². The van der Waals surface area contributed by atoms with Crippen LogP contribution in [0, 0.1) is 6.92 Å². The van der Waals surface area contributed by atoms with Gasteiger partial charge in [-0.25, -0.2) is 4.98 Å². The molecule has 0 bridgehead atoms. The standard InChI is InChI=1S/C19H20ClF3N4/c1-10-15(3-4-17(20)25-10)26-11-7-12-13-9-24-6-5-16(13)27(2)18(12)14(8-11)19(21,22)23/h3-4,7-8,13,16,24,26H,5-6,9H2,1-2H3. The minimum absolute atomic E-state index is 0.0473. The van der Waals surface area contributed by atoms with E-state index in [0.717, 1.165) is 18.5 Å². The molecule has 1 aromatic heterocycles. The Morgan fingerprint density at radius 3 is 2.78 bits per heavy atom. The second kappa shape index (κ2) is 6.56. The van der Waals surface area contributed by atoms with E-state index in [4.69, 9.17) is 11.6 Å². The van der Waals surface area contributed by atoms with Crippen molar-refractivity contribution in [2.75, 3.05) is 30.4 Å². The van der Waals surface area contributed by atoms with Crippen LogP contribution in [-0.2, 0) is 6.18 Å². The summed E-state index contributed by atoms with van der Waals surface area (Å²) in [6, 6.07) is 6.46. The van der Waals surface area contributed by atoms with Gasteiger partial charge in [0.05, 0.1) is 22.6 Å². The minimum atomic E-state index is -4.43. The number of alkyl halides is 3. The average Bonchev–Trinajstić information content (AvgIpc) is 2.89. The molecule has 2 aliphatic rings. The second-order valence-corrected chi connectivity index (χ2v) is 7.52. The number of benzene rings is 1. The van der Waals surface area contributed by atoms with Crippen LogP contribution in [0.2, 0.25) is 5.15 Å². The highest BCUT2D eigenvalue weighted by Crippen LogP contribution is 2.50. The zero-order chi connectivity index (χ0) is 19.3. The van der Waals surface area contributed by atoms with Crippen LogP contribution in [0.5, 0.6) is 0 Å². The van der Waals surface area contributed by atoms with Gasteiger partial charge in [-0.05, 0) is 49.7 Å². The Morgan fingerprint density at radius 1 is 1.30 bits per heavy atom. The monoisotopic (exact) mass is 396 g/mol. The Kier molecular flexibility index (Phi) is 4.47. The van der Waals surface area contributed by atoms with Gasteiger partial charge in [0.2, 0.25) is 0 Å². The molecule has 1 saturated heterocycles. The fraction of sp³-hybridized carbons (Fsp3) is 0.421. The Labute approximate surface area is 160 Å². The summed E-state index contributed by atoms with van der Waals surface area (Å²) in [5.41, 5.74) is 2.12. The number of nitrogens with zero attached hydrogens (tertiary/aromatic N) is 2. The molecule has 1 aromatic carbocycles. The van der Waals surface area contributed by atoms with Crippen LogP contribution in [-0.4, -0.2) is 31.2 Å². The van der Waals surface area contributed by atoms with Gasteiger partial charge >= 0.3 is 6.18 Å². The Hall–Kier alpha value is -1.99. The van der Waals surface area contributed by atoms with Crippen LogP contribution >= 0.6 is 11.6 Å². The lowest BCUT2D eigenvalue weighted by atomic mass is 9.89. The molecule has 4 nitrogen and oxygen atoms in total. The van der Waals surface area contributed by atoms with Gasteiger partial charge in [-0.3, -0.25) is 0 Å². The molecule has 2 unspecified atom stereocenters. The molecule has 27 heavy (non-hydrogen) atoms. The number of pyridine rings is 1. The predicted octanol–water partition coefficient (Wildman–Crippen LogP) is 4.70. The van der Waals surface area contributed by atoms with Crippen molar-refractivity contribution >= 4 is 28.7 Å². The van der Waals surface area contributed by atoms with Gasteiger partial charge in [0.25, 0.3) is 0 Å². The molecule has 2 atom stereocenters. The minimum Gasteiger partial charge on any atom is -0.370 e. The molecule has 0 spiro atoms. The van der Waals surface area contributed by atoms with Crippen molar-refractivity contribution in [3.05, 3.63) is 46.2 Å². The lowest BCUT2D eigenvalue weighted by Crippen LogP contribution is -2.42. The second-order valence-electron chi connectivity index (χ2n) is 7.13. The van der Waals surface area contributed by atoms with Gasteiger partial charge in [0, 0.05) is 31.2 Å². The summed E-state index contributed by atoms with van der Waals surface area (Å²) in [6.45, 7) is 3.27. The lowest BCUT2D eigenvalue weighted by Gasteiger charge is -2.31. The molecule has 0 amide bonds. The molecule has 4 rings (SSSR count). The summed E-state index contributed by atoms with van der Waals surface area (Å²) in [6.07, 6.45) is -3.60. The zero-order valence-corrected chi connectivity index (χ0v) is 15.7. The SMILES string of the molecule is Cc1nc(Cl)ccc1Nc1cc2c(c(C(F)(F)F)c1)N(C)C1CCNCC21. The first-order chi connectivity index (χ1) is 12.8. The molecule has 144 valence electrons. The number of nitrogens with one attached hydrogen (secondary N) is 2. The normalized spacial score (nSPS) is 21.8. The molecule has 2 aromatic rings. The summed E-state index contributed by atoms with van der Waals surface area (Å²) in [5, 5.41) is 6.75. The highest BCUT2D eigenvalue weighted by Gasteiger charge is 2.45. The maximum Gasteiger partial charge on any atom is 0.418 e. The molecular formula is C19H20ClF3N4. The molecule has 0 aliphatic carbocycles. The molecule has 0 saturated carbocycles. The van der Waals surface area contributed by atoms with Crippen molar-refractivity contribution in [1.82, 2.24) is 10.3 Å². The quantitative estimate of drug-likeness (QED) is 0.722. The first-order valence-corrected chi connectivity index (χ1v) is 9.22. The van der Waals surface area contributed by atoms with E-state index in [2.05, 4.69) is 15.6 Å². The highest BCUT2D eigenvalue weighted by atomic mass is 35.5. The number of aryl methyl sites for hydroxylation is 1. The molecule has 0 radical (unpaired) electrons. The van der Waals surface area contributed by atoms with Crippen LogP contribution in [0.25, 0.3) is 0 Å². The predicted molar refractivity (Wildman–Crippen MR) is 101 cm³/mol. The third-order valence-corrected chi connectivity index (χ3v) is 5.68. The Bertz CT molecular complexity index is 884. The zero-order valence-electron chi connectivity index (χ0n) is 15.0. The van der Waals surface area contributed by atoms with Gasteiger partial charge in [-0.2, -0.15) is 13.2 Å². The van der Waals surface area contributed by atoms with E-state index < -0.39 is 11.7 Å². The third kappa shape index (κ3) is 3.23. The Balaban J connectivity index is 1.81. The highest BCUT2D eigenvalue weighted by molar-refractivity contribution is 6.29. The summed E-state index contributed by atoms with van der Waals surface area (Å²) in [5.74, 6) is 0.0473. The number of aromatic nitrogens is 1. The maximum atomic E-state index is 13.8. The average molecular weight is 397 g/mol. The fourth-order valence-corrected chi connectivity index (χ4v) is 4.42. The van der Waals surface area contributed by atoms with E-state index >= 15 is 0 Å². The van der Waals surface area contributed by atoms with Crippen molar-refractivity contribution in [2.24, 2.45) is 0 Å². The van der Waals surface area contributed by atoms with E-state index in [-0.39, 0.29) is 12.0 Å². The van der Waals surface area contributed by atoms with Crippen LogP contribution in [0.3, 0.4) is 0 Å². The summed E-state index contributed by atoms with van der Waals surface area (Å²) in [7, 11) is 1.77. The van der Waals surface area contributed by atoms with Crippen molar-refractivity contribution in [2.45, 2.75) is 31.5 Å². The number of piperidine rings is 1. The smallest absolute Gasteiger partial charge is 0.370 e. The molecule has 3 heterocycles. The lowest BCUT2D eigenvalue weighted by molar-refractivity contribution is -0.137. The van der Waals surface area contributed by atoms with Gasteiger partial charge in [0.15, 0.2) is 0 Å². The Morgan fingerprint density at radius 2 is 2.07 bits per heavy atom. The molecule has 2 N–H and O–H groups in total. The van der Waals surface area contributed by atoms with Crippen molar-refractivity contribution < 1.29 is 13.2 Å². The van der Waals surface area contributed by atoms with Gasteiger partial charge in [-0.15, -0.1) is 0 Å². The van der Waals surface area contributed by atoms with Crippen molar-refractivity contribution in [1.29, 1.82) is 0 Å². The number of fused-ring (bicyclic) bond motifs is 3. The number of halogens is 4. The maximum absolute atomic E-state index is 13.8. The molecular weight excluding hydrogens is 377 g/mol. The van der Waals surface area contributed by atoms with Crippen molar-refractivity contribution in [3.8, 4) is 0 Å². The number of anilines is 3. The number of likely N-dealkylation sites (N-methyl/N-ethyl adjacent to an activating group) is 1. The van der Waals surface area contributed by atoms with Gasteiger partial charge in [0.1, 0.15) is 5.15 Å². The summed E-state index contributed by atoms with van der Waals surface area (Å²) >= 11 is 5.87. The van der Waals surface area contributed by atoms with Gasteiger partial charge < -0.3 is 15.5 Å². The number of hydrogen-bond donors (Lipinski definition) is 2. The summed E-state index contributed by atoms with van der Waals surface area (Å²) in [4.78, 5) is 5.96. The first kappa shape index (κ1) is 18.4. The van der Waals surface area contributed by atoms with E-state index in [1.54, 1.807) is 26.1 Å². The largest absolute Gasteiger partial charge is 0.418 e. The number of hydrogen-bond acceptors (Lipinski definition) is 4. The van der Waals surface area contributed by atoms with Crippen LogP contribution in [0.4, 0.5) is 30.2 Å². The van der Waals surface area contributed by atoms with E-state index in [9.17, 15) is 13.2 Å². The van der Waals surface area contributed by atoms with E-state index in [1.807, 2.05) is 11.0 Å². The van der Waals surface area contributed by atoms with E-state index in [1.165, 1.54) is 6.07 Å². The van der Waals surface area contributed by atoms with Crippen LogP contribution in [0.15, 0.2) is 24.3 Å². The summed E-state index contributed by atoms with van der Waals surface area (Å²) < 4.78 is 41.5. The fourth-order valence-electron chi connectivity index (χ4n) is 4.23. The molecule has 2 aliphatic heterocycles. The topological polar surface area (TPSA) is 40.2 Å². The molecule has 1 fully saturated rings. The number of rotatable bonds is 2. The van der Waals surface area contributed by atoms with Gasteiger partial charge in [-0.1, -0.05) is 11.6 Å². The van der Waals surface area contributed by atoms with Crippen molar-refractivity contribution in [3.63, 3.8) is 0 Å². The van der Waals surface area contributed by atoms with Crippen LogP contribution in [0.1, 0.15) is 29.2 Å². The third-order valence-electron chi connectivity index (χ3n) is 5.47. The molecule has 8 heteroatoms.